The van der Waals surface area contributed by atoms with Crippen molar-refractivity contribution in [3.63, 3.8) is 0 Å². The van der Waals surface area contributed by atoms with E-state index in [0.717, 1.165) is 83.5 Å². The van der Waals surface area contributed by atoms with Crippen LogP contribution in [0.4, 0.5) is 0 Å². The molecule has 0 saturated heterocycles. The van der Waals surface area contributed by atoms with Crippen molar-refractivity contribution >= 4 is 17.9 Å². The van der Waals surface area contributed by atoms with Gasteiger partial charge in [-0.3, -0.25) is 14.4 Å². The lowest BCUT2D eigenvalue weighted by atomic mass is 10.0. The zero-order chi connectivity index (χ0) is 44.4. The molecule has 0 aliphatic rings. The Kier molecular flexibility index (Phi) is 48.3. The number of carbonyl (C=O) groups is 3. The lowest BCUT2D eigenvalue weighted by Crippen LogP contribution is -2.30. The summed E-state index contributed by atoms with van der Waals surface area (Å²) in [5, 5.41) is 0. The molecule has 6 heteroatoms. The van der Waals surface area contributed by atoms with Gasteiger partial charge < -0.3 is 14.2 Å². The van der Waals surface area contributed by atoms with Gasteiger partial charge in [0.15, 0.2) is 6.10 Å². The van der Waals surface area contributed by atoms with Gasteiger partial charge in [-0.05, 0) is 57.8 Å². The minimum Gasteiger partial charge on any atom is -0.462 e. The maximum absolute atomic E-state index is 12.8. The van der Waals surface area contributed by atoms with Crippen LogP contribution < -0.4 is 0 Å². The summed E-state index contributed by atoms with van der Waals surface area (Å²) < 4.78 is 16.8. The molecule has 0 aliphatic carbocycles. The molecule has 61 heavy (non-hydrogen) atoms. The predicted octanol–water partition coefficient (Wildman–Crippen LogP) is 17.3. The molecule has 0 aliphatic heterocycles. The maximum atomic E-state index is 12.8. The van der Waals surface area contributed by atoms with Gasteiger partial charge >= 0.3 is 17.9 Å². The van der Waals surface area contributed by atoms with E-state index in [9.17, 15) is 14.4 Å². The van der Waals surface area contributed by atoms with Crippen molar-refractivity contribution < 1.29 is 28.6 Å². The summed E-state index contributed by atoms with van der Waals surface area (Å²) in [6, 6.07) is 0. The molecule has 0 heterocycles. The standard InChI is InChI=1S/C55H100O6/c1-4-7-10-13-16-19-22-24-26-27-29-30-33-36-39-42-45-48-54(57)60-51-52(50-59-53(56)47-44-41-38-35-32-21-18-15-12-9-6-3)61-55(58)49-46-43-40-37-34-31-28-25-23-20-17-14-11-8-5-2/h16,19,24,26,29-30,52H,4-15,17-18,20-23,25,27-28,31-51H2,1-3H3/b19-16-,26-24-,30-29-/t52-/m1/s1. The number of unbranched alkanes of at least 4 members (excludes halogenated alkanes) is 31. The van der Waals surface area contributed by atoms with Crippen LogP contribution in [-0.4, -0.2) is 37.2 Å². The highest BCUT2D eigenvalue weighted by Gasteiger charge is 2.19. The van der Waals surface area contributed by atoms with Crippen molar-refractivity contribution in [2.45, 2.75) is 284 Å². The van der Waals surface area contributed by atoms with E-state index in [1.165, 1.54) is 154 Å². The molecule has 0 N–H and O–H groups in total. The van der Waals surface area contributed by atoms with Gasteiger partial charge in [-0.15, -0.1) is 0 Å². The third kappa shape index (κ3) is 48.5. The van der Waals surface area contributed by atoms with Gasteiger partial charge in [-0.2, -0.15) is 0 Å². The monoisotopic (exact) mass is 857 g/mol. The Morgan fingerprint density at radius 2 is 0.590 bits per heavy atom. The lowest BCUT2D eigenvalue weighted by Gasteiger charge is -2.18. The third-order valence-electron chi connectivity index (χ3n) is 11.6. The van der Waals surface area contributed by atoms with Gasteiger partial charge in [0.2, 0.25) is 0 Å². The molecule has 0 radical (unpaired) electrons. The second kappa shape index (κ2) is 50.3. The fourth-order valence-corrected chi connectivity index (χ4v) is 7.63. The summed E-state index contributed by atoms with van der Waals surface area (Å²) >= 11 is 0. The van der Waals surface area contributed by atoms with Crippen molar-refractivity contribution in [2.24, 2.45) is 0 Å². The Balaban J connectivity index is 4.37. The fourth-order valence-electron chi connectivity index (χ4n) is 7.63. The molecule has 0 saturated carbocycles. The van der Waals surface area contributed by atoms with Crippen LogP contribution in [0, 0.1) is 0 Å². The van der Waals surface area contributed by atoms with Gasteiger partial charge in [-0.25, -0.2) is 0 Å². The molecule has 0 fully saturated rings. The highest BCUT2D eigenvalue weighted by atomic mass is 16.6. The molecular formula is C55H100O6. The van der Waals surface area contributed by atoms with Crippen LogP contribution in [0.2, 0.25) is 0 Å². The average molecular weight is 857 g/mol. The minimum absolute atomic E-state index is 0.0752. The largest absolute Gasteiger partial charge is 0.462 e. The summed E-state index contributed by atoms with van der Waals surface area (Å²) in [5.74, 6) is -0.885. The van der Waals surface area contributed by atoms with Gasteiger partial charge in [0.25, 0.3) is 0 Å². The molecule has 0 rings (SSSR count). The van der Waals surface area contributed by atoms with E-state index in [2.05, 4.69) is 57.2 Å². The molecule has 6 nitrogen and oxygen atoms in total. The van der Waals surface area contributed by atoms with E-state index in [-0.39, 0.29) is 31.1 Å². The molecule has 0 bridgehead atoms. The van der Waals surface area contributed by atoms with Gasteiger partial charge in [0, 0.05) is 19.3 Å². The van der Waals surface area contributed by atoms with Crippen LogP contribution in [0.3, 0.4) is 0 Å². The van der Waals surface area contributed by atoms with Crippen LogP contribution in [-0.2, 0) is 28.6 Å². The molecule has 0 aromatic carbocycles. The molecule has 0 spiro atoms. The molecule has 0 aromatic rings. The topological polar surface area (TPSA) is 78.9 Å². The molecule has 1 atom stereocenters. The Labute approximate surface area is 378 Å². The van der Waals surface area contributed by atoms with E-state index in [1.807, 2.05) is 0 Å². The maximum Gasteiger partial charge on any atom is 0.306 e. The van der Waals surface area contributed by atoms with Crippen molar-refractivity contribution in [3.05, 3.63) is 36.5 Å². The second-order valence-corrected chi connectivity index (χ2v) is 17.8. The van der Waals surface area contributed by atoms with E-state index < -0.39 is 6.10 Å². The lowest BCUT2D eigenvalue weighted by molar-refractivity contribution is -0.167. The zero-order valence-corrected chi connectivity index (χ0v) is 40.7. The summed E-state index contributed by atoms with van der Waals surface area (Å²) in [4.78, 5) is 38.0. The Hall–Kier alpha value is -2.37. The van der Waals surface area contributed by atoms with Crippen molar-refractivity contribution in [2.75, 3.05) is 13.2 Å². The molecule has 0 aromatic heterocycles. The molecule has 0 unspecified atom stereocenters. The minimum atomic E-state index is -0.775. The first-order chi connectivity index (χ1) is 30.0. The van der Waals surface area contributed by atoms with Gasteiger partial charge in [0.1, 0.15) is 13.2 Å². The third-order valence-corrected chi connectivity index (χ3v) is 11.6. The quantitative estimate of drug-likeness (QED) is 0.0262. The number of ether oxygens (including phenoxy) is 3. The van der Waals surface area contributed by atoms with E-state index in [0.29, 0.717) is 19.3 Å². The van der Waals surface area contributed by atoms with Crippen LogP contribution in [0.5, 0.6) is 0 Å². The van der Waals surface area contributed by atoms with Crippen LogP contribution >= 0.6 is 0 Å². The summed E-state index contributed by atoms with van der Waals surface area (Å²) in [6.45, 7) is 6.61. The number of carbonyl (C=O) groups excluding carboxylic acids is 3. The normalized spacial score (nSPS) is 12.2. The molecule has 0 amide bonds. The van der Waals surface area contributed by atoms with Crippen molar-refractivity contribution in [1.82, 2.24) is 0 Å². The first-order valence-corrected chi connectivity index (χ1v) is 26.5. The van der Waals surface area contributed by atoms with E-state index >= 15 is 0 Å². The smallest absolute Gasteiger partial charge is 0.306 e. The van der Waals surface area contributed by atoms with E-state index in [1.54, 1.807) is 0 Å². The summed E-state index contributed by atoms with van der Waals surface area (Å²) in [5.41, 5.74) is 0. The van der Waals surface area contributed by atoms with E-state index in [4.69, 9.17) is 14.2 Å². The number of rotatable bonds is 48. The fraction of sp³-hybridized carbons (Fsp3) is 0.836. The highest BCUT2D eigenvalue weighted by molar-refractivity contribution is 5.71. The summed E-state index contributed by atoms with van der Waals surface area (Å²) in [7, 11) is 0. The van der Waals surface area contributed by atoms with Crippen LogP contribution in [0.1, 0.15) is 278 Å². The van der Waals surface area contributed by atoms with Gasteiger partial charge in [-0.1, -0.05) is 237 Å². The zero-order valence-electron chi connectivity index (χ0n) is 40.7. The van der Waals surface area contributed by atoms with Crippen molar-refractivity contribution in [3.8, 4) is 0 Å². The Bertz CT molecular complexity index is 1030. The van der Waals surface area contributed by atoms with Crippen molar-refractivity contribution in [1.29, 1.82) is 0 Å². The number of esters is 3. The number of hydrogen-bond acceptors (Lipinski definition) is 6. The second-order valence-electron chi connectivity index (χ2n) is 17.8. The first-order valence-electron chi connectivity index (χ1n) is 26.5. The van der Waals surface area contributed by atoms with Crippen LogP contribution in [0.25, 0.3) is 0 Å². The Morgan fingerprint density at radius 1 is 0.328 bits per heavy atom. The average Bonchev–Trinajstić information content (AvgIpc) is 3.26. The SMILES string of the molecule is CCCCC/C=C\C/C=C\C/C=C\CCCCCCC(=O)OC[C@@H](COC(=O)CCCCCCCCCCCCC)OC(=O)CCCCCCCCCCCCCCCCC. The van der Waals surface area contributed by atoms with Crippen LogP contribution in [0.15, 0.2) is 36.5 Å². The van der Waals surface area contributed by atoms with Gasteiger partial charge in [0.05, 0.1) is 0 Å². The molecule has 356 valence electrons. The number of allylic oxidation sites excluding steroid dienone is 6. The number of hydrogen-bond donors (Lipinski definition) is 0. The first kappa shape index (κ1) is 58.6. The summed E-state index contributed by atoms with van der Waals surface area (Å²) in [6.07, 6.45) is 58.4. The predicted molar refractivity (Wildman–Crippen MR) is 261 cm³/mol. The Morgan fingerprint density at radius 3 is 0.951 bits per heavy atom. The highest BCUT2D eigenvalue weighted by Crippen LogP contribution is 2.16. The molecular weight excluding hydrogens is 757 g/mol.